The van der Waals surface area contributed by atoms with Gasteiger partial charge in [-0.1, -0.05) is 140 Å². The minimum Gasteiger partial charge on any atom is -0.456 e. The number of furan rings is 1. The second-order valence-corrected chi connectivity index (χ2v) is 12.1. The zero-order valence-corrected chi connectivity index (χ0v) is 26.3. The second kappa shape index (κ2) is 11.8. The maximum absolute atomic E-state index is 6.27. The highest BCUT2D eigenvalue weighted by Crippen LogP contribution is 2.41. The molecule has 0 unspecified atom stereocenters. The first-order valence-electron chi connectivity index (χ1n) is 16.3. The van der Waals surface area contributed by atoms with Crippen LogP contribution < -0.4 is 4.90 Å². The van der Waals surface area contributed by atoms with Crippen LogP contribution in [0.5, 0.6) is 0 Å². The maximum Gasteiger partial charge on any atom is 0.136 e. The number of anilines is 3. The highest BCUT2D eigenvalue weighted by Gasteiger charge is 2.16. The Morgan fingerprint density at radius 2 is 0.812 bits per heavy atom. The lowest BCUT2D eigenvalue weighted by Crippen LogP contribution is -2.09. The summed E-state index contributed by atoms with van der Waals surface area (Å²) in [6, 6.07) is 66.9. The fourth-order valence-corrected chi connectivity index (χ4v) is 6.94. The third-order valence-corrected chi connectivity index (χ3v) is 9.29. The van der Waals surface area contributed by atoms with Crippen LogP contribution in [0.3, 0.4) is 0 Å². The predicted molar refractivity (Wildman–Crippen MR) is 202 cm³/mol. The topological polar surface area (TPSA) is 16.4 Å². The van der Waals surface area contributed by atoms with E-state index in [4.69, 9.17) is 4.42 Å². The van der Waals surface area contributed by atoms with E-state index in [9.17, 15) is 0 Å². The Hall–Kier alpha value is -6.38. The number of benzene rings is 8. The molecule has 226 valence electrons. The first-order chi connectivity index (χ1) is 23.8. The van der Waals surface area contributed by atoms with Crippen molar-refractivity contribution < 1.29 is 4.42 Å². The maximum atomic E-state index is 6.27. The number of para-hydroxylation sites is 1. The van der Waals surface area contributed by atoms with Gasteiger partial charge in [-0.15, -0.1) is 0 Å². The Labute approximate surface area is 279 Å². The predicted octanol–water partition coefficient (Wildman–Crippen LogP) is 13.2. The lowest BCUT2D eigenvalue weighted by Gasteiger charge is -2.26. The summed E-state index contributed by atoms with van der Waals surface area (Å²) < 4.78 is 6.27. The molecule has 0 saturated heterocycles. The number of hydrogen-bond donors (Lipinski definition) is 0. The van der Waals surface area contributed by atoms with E-state index in [0.29, 0.717) is 0 Å². The standard InChI is InChI=1S/C46H31NO/c1-3-10-32(11-4-1)34-18-25-38(26-19-34)47(39-27-20-35(21-28-39)33-12-5-2-6-13-33)40-29-22-36(23-30-40)41-16-9-14-37-24-31-44-46(45(37)41)42-15-7-8-17-43(42)48-44/h1-31H. The fraction of sp³-hybridized carbons (Fsp3) is 0. The highest BCUT2D eigenvalue weighted by atomic mass is 16.3. The van der Waals surface area contributed by atoms with Gasteiger partial charge in [0.2, 0.25) is 0 Å². The molecular formula is C46H31NO. The molecule has 9 rings (SSSR count). The van der Waals surface area contributed by atoms with Crippen molar-refractivity contribution in [3.8, 4) is 33.4 Å². The van der Waals surface area contributed by atoms with E-state index in [1.165, 1.54) is 49.5 Å². The summed E-state index contributed by atoms with van der Waals surface area (Å²) in [5.74, 6) is 0. The molecule has 0 fully saturated rings. The molecule has 0 spiro atoms. The molecule has 2 heteroatoms. The molecule has 0 aliphatic rings. The molecule has 1 aromatic heterocycles. The molecule has 0 aliphatic heterocycles. The third kappa shape index (κ3) is 4.92. The van der Waals surface area contributed by atoms with Gasteiger partial charge in [0.1, 0.15) is 11.2 Å². The smallest absolute Gasteiger partial charge is 0.136 e. The van der Waals surface area contributed by atoms with Gasteiger partial charge in [-0.25, -0.2) is 0 Å². The van der Waals surface area contributed by atoms with Gasteiger partial charge in [0.05, 0.1) is 0 Å². The summed E-state index contributed by atoms with van der Waals surface area (Å²) in [5.41, 5.74) is 12.3. The highest BCUT2D eigenvalue weighted by molar-refractivity contribution is 6.22. The van der Waals surface area contributed by atoms with E-state index >= 15 is 0 Å². The molecule has 9 aromatic rings. The second-order valence-electron chi connectivity index (χ2n) is 12.1. The minimum absolute atomic E-state index is 0.914. The first-order valence-corrected chi connectivity index (χ1v) is 16.3. The SMILES string of the molecule is c1ccc(-c2ccc(N(c3ccc(-c4ccccc4)cc3)c3ccc(-c4cccc5ccc6oc7ccccc7c6c45)cc3)cc2)cc1. The van der Waals surface area contributed by atoms with Gasteiger partial charge < -0.3 is 9.32 Å². The van der Waals surface area contributed by atoms with Crippen LogP contribution in [0.1, 0.15) is 0 Å². The number of hydrogen-bond acceptors (Lipinski definition) is 2. The van der Waals surface area contributed by atoms with Crippen LogP contribution in [0.4, 0.5) is 17.1 Å². The monoisotopic (exact) mass is 613 g/mol. The van der Waals surface area contributed by atoms with E-state index in [-0.39, 0.29) is 0 Å². The zero-order chi connectivity index (χ0) is 31.9. The summed E-state index contributed by atoms with van der Waals surface area (Å²) in [7, 11) is 0. The molecule has 0 saturated carbocycles. The Balaban J connectivity index is 1.15. The van der Waals surface area contributed by atoms with Gasteiger partial charge in [0, 0.05) is 33.2 Å². The summed E-state index contributed by atoms with van der Waals surface area (Å²) >= 11 is 0. The van der Waals surface area contributed by atoms with Crippen LogP contribution in [0, 0.1) is 0 Å². The van der Waals surface area contributed by atoms with Crippen molar-refractivity contribution in [3.05, 3.63) is 188 Å². The molecule has 0 atom stereocenters. The lowest BCUT2D eigenvalue weighted by molar-refractivity contribution is 0.669. The summed E-state index contributed by atoms with van der Waals surface area (Å²) in [4.78, 5) is 2.33. The van der Waals surface area contributed by atoms with Crippen LogP contribution >= 0.6 is 0 Å². The molecule has 0 bridgehead atoms. The Morgan fingerprint density at radius 3 is 1.40 bits per heavy atom. The molecule has 0 aliphatic carbocycles. The molecule has 0 amide bonds. The lowest BCUT2D eigenvalue weighted by atomic mass is 9.94. The molecule has 2 nitrogen and oxygen atoms in total. The van der Waals surface area contributed by atoms with Gasteiger partial charge in [-0.05, 0) is 87.3 Å². The van der Waals surface area contributed by atoms with E-state index < -0.39 is 0 Å². The van der Waals surface area contributed by atoms with Gasteiger partial charge in [-0.2, -0.15) is 0 Å². The van der Waals surface area contributed by atoms with Crippen molar-refractivity contribution in [3.63, 3.8) is 0 Å². The summed E-state index contributed by atoms with van der Waals surface area (Å²) in [5, 5.41) is 4.74. The van der Waals surface area contributed by atoms with Crippen LogP contribution in [0.25, 0.3) is 66.1 Å². The van der Waals surface area contributed by atoms with Crippen molar-refractivity contribution in [2.45, 2.75) is 0 Å². The molecular weight excluding hydrogens is 583 g/mol. The van der Waals surface area contributed by atoms with Gasteiger partial charge >= 0.3 is 0 Å². The number of nitrogens with zero attached hydrogens (tertiary/aromatic N) is 1. The van der Waals surface area contributed by atoms with E-state index in [2.05, 4.69) is 181 Å². The molecule has 0 N–H and O–H groups in total. The normalized spacial score (nSPS) is 11.3. The van der Waals surface area contributed by atoms with Crippen molar-refractivity contribution in [1.29, 1.82) is 0 Å². The van der Waals surface area contributed by atoms with Crippen LogP contribution in [0.2, 0.25) is 0 Å². The molecule has 0 radical (unpaired) electrons. The van der Waals surface area contributed by atoms with Crippen molar-refractivity contribution >= 4 is 49.8 Å². The quantitative estimate of drug-likeness (QED) is 0.185. The van der Waals surface area contributed by atoms with E-state index in [1.54, 1.807) is 0 Å². The van der Waals surface area contributed by atoms with Crippen molar-refractivity contribution in [1.82, 2.24) is 0 Å². The first kappa shape index (κ1) is 27.9. The number of fused-ring (bicyclic) bond motifs is 5. The van der Waals surface area contributed by atoms with Crippen molar-refractivity contribution in [2.24, 2.45) is 0 Å². The van der Waals surface area contributed by atoms with Crippen molar-refractivity contribution in [2.75, 3.05) is 4.90 Å². The largest absolute Gasteiger partial charge is 0.456 e. The molecule has 48 heavy (non-hydrogen) atoms. The number of rotatable bonds is 6. The average molecular weight is 614 g/mol. The Bertz CT molecular complexity index is 2430. The molecule has 8 aromatic carbocycles. The third-order valence-electron chi connectivity index (χ3n) is 9.29. The van der Waals surface area contributed by atoms with E-state index in [1.807, 2.05) is 12.1 Å². The van der Waals surface area contributed by atoms with Gasteiger partial charge in [0.25, 0.3) is 0 Å². The Kier molecular flexibility index (Phi) is 6.84. The minimum atomic E-state index is 0.914. The van der Waals surface area contributed by atoms with Crippen LogP contribution in [0.15, 0.2) is 192 Å². The Morgan fingerprint density at radius 1 is 0.312 bits per heavy atom. The fourth-order valence-electron chi connectivity index (χ4n) is 6.94. The van der Waals surface area contributed by atoms with Gasteiger partial charge in [-0.3, -0.25) is 0 Å². The van der Waals surface area contributed by atoms with Crippen LogP contribution in [-0.2, 0) is 0 Å². The van der Waals surface area contributed by atoms with E-state index in [0.717, 1.165) is 33.6 Å². The average Bonchev–Trinajstić information content (AvgIpc) is 3.55. The zero-order valence-electron chi connectivity index (χ0n) is 26.3. The van der Waals surface area contributed by atoms with Crippen LogP contribution in [-0.4, -0.2) is 0 Å². The summed E-state index contributed by atoms with van der Waals surface area (Å²) in [6.07, 6.45) is 0. The summed E-state index contributed by atoms with van der Waals surface area (Å²) in [6.45, 7) is 0. The molecule has 1 heterocycles. The van der Waals surface area contributed by atoms with Gasteiger partial charge in [0.15, 0.2) is 0 Å².